The van der Waals surface area contributed by atoms with Gasteiger partial charge in [0.25, 0.3) is 0 Å². The van der Waals surface area contributed by atoms with Gasteiger partial charge in [-0.05, 0) is 36.6 Å². The van der Waals surface area contributed by atoms with Gasteiger partial charge in [-0.3, -0.25) is 4.79 Å². The normalized spacial score (nSPS) is 14.4. The van der Waals surface area contributed by atoms with Crippen LogP contribution in [0, 0.1) is 0 Å². The van der Waals surface area contributed by atoms with Crippen molar-refractivity contribution in [1.82, 2.24) is 4.90 Å². The number of ether oxygens (including phenoxy) is 2. The molecule has 1 unspecified atom stereocenters. The van der Waals surface area contributed by atoms with Crippen LogP contribution in [0.5, 0.6) is 11.5 Å². The third-order valence-corrected chi connectivity index (χ3v) is 5.03. The standard InChI is InChI=1S/C22H24F3NO3/c1-3-26(14-17-5-4-6-19-21(17)29-12-11-28-19)20(27)13-15(2)16-7-9-18(10-8-16)22(23,24)25/h4-10,15H,3,11-14H2,1-2H3. The average molecular weight is 407 g/mol. The zero-order valence-electron chi connectivity index (χ0n) is 16.5. The van der Waals surface area contributed by atoms with E-state index in [0.29, 0.717) is 43.4 Å². The summed E-state index contributed by atoms with van der Waals surface area (Å²) in [5, 5.41) is 0. The van der Waals surface area contributed by atoms with Gasteiger partial charge in [0.05, 0.1) is 5.56 Å². The number of carbonyl (C=O) groups is 1. The molecular weight excluding hydrogens is 383 g/mol. The molecule has 7 heteroatoms. The van der Waals surface area contributed by atoms with Crippen LogP contribution in [0.25, 0.3) is 0 Å². The molecule has 3 rings (SSSR count). The summed E-state index contributed by atoms with van der Waals surface area (Å²) in [4.78, 5) is 14.5. The number of nitrogens with zero attached hydrogens (tertiary/aromatic N) is 1. The largest absolute Gasteiger partial charge is 0.486 e. The molecule has 0 bridgehead atoms. The van der Waals surface area contributed by atoms with Crippen LogP contribution in [0.1, 0.15) is 42.9 Å². The van der Waals surface area contributed by atoms with Gasteiger partial charge in [-0.2, -0.15) is 13.2 Å². The van der Waals surface area contributed by atoms with E-state index in [1.54, 1.807) is 4.90 Å². The van der Waals surface area contributed by atoms with E-state index >= 15 is 0 Å². The summed E-state index contributed by atoms with van der Waals surface area (Å²) in [7, 11) is 0. The Labute approximate surface area is 168 Å². The molecule has 156 valence electrons. The number of alkyl halides is 3. The highest BCUT2D eigenvalue weighted by Gasteiger charge is 2.30. The van der Waals surface area contributed by atoms with Gasteiger partial charge in [0.15, 0.2) is 11.5 Å². The third kappa shape index (κ3) is 5.02. The van der Waals surface area contributed by atoms with Crippen LogP contribution < -0.4 is 9.47 Å². The summed E-state index contributed by atoms with van der Waals surface area (Å²) in [6, 6.07) is 10.6. The SMILES string of the molecule is CCN(Cc1cccc2c1OCCO2)C(=O)CC(C)c1ccc(C(F)(F)F)cc1. The van der Waals surface area contributed by atoms with Crippen molar-refractivity contribution in [3.8, 4) is 11.5 Å². The van der Waals surface area contributed by atoms with E-state index < -0.39 is 11.7 Å². The van der Waals surface area contributed by atoms with Gasteiger partial charge >= 0.3 is 6.18 Å². The number of benzene rings is 2. The van der Waals surface area contributed by atoms with E-state index in [2.05, 4.69) is 0 Å². The highest BCUT2D eigenvalue weighted by molar-refractivity contribution is 5.77. The summed E-state index contributed by atoms with van der Waals surface area (Å²) in [6.07, 6.45) is -4.15. The second-order valence-electron chi connectivity index (χ2n) is 7.07. The summed E-state index contributed by atoms with van der Waals surface area (Å²) in [6.45, 7) is 5.61. The molecule has 0 aromatic heterocycles. The first kappa shape index (κ1) is 21.0. The van der Waals surface area contributed by atoms with Gasteiger partial charge in [-0.25, -0.2) is 0 Å². The molecule has 0 saturated carbocycles. The predicted octanol–water partition coefficient (Wildman–Crippen LogP) is 5.02. The molecule has 0 fully saturated rings. The lowest BCUT2D eigenvalue weighted by molar-refractivity contribution is -0.137. The lowest BCUT2D eigenvalue weighted by Gasteiger charge is -2.26. The van der Waals surface area contributed by atoms with E-state index in [1.807, 2.05) is 32.0 Å². The lowest BCUT2D eigenvalue weighted by Crippen LogP contribution is -2.31. The first-order valence-electron chi connectivity index (χ1n) is 9.62. The maximum atomic E-state index is 12.8. The van der Waals surface area contributed by atoms with Crippen molar-refractivity contribution in [2.45, 2.75) is 38.9 Å². The number of hydrogen-bond donors (Lipinski definition) is 0. The Bertz CT molecular complexity index is 849. The van der Waals surface area contributed by atoms with Gasteiger partial charge in [0.2, 0.25) is 5.91 Å². The molecule has 1 atom stereocenters. The number of carbonyl (C=O) groups excluding carboxylic acids is 1. The Morgan fingerprint density at radius 1 is 1.10 bits per heavy atom. The minimum absolute atomic E-state index is 0.0609. The summed E-state index contributed by atoms with van der Waals surface area (Å²) in [5.74, 6) is 1.09. The average Bonchev–Trinajstić information content (AvgIpc) is 2.71. The second-order valence-corrected chi connectivity index (χ2v) is 7.07. The molecule has 0 aliphatic carbocycles. The minimum atomic E-state index is -4.36. The van der Waals surface area contributed by atoms with Crippen LogP contribution >= 0.6 is 0 Å². The Morgan fingerprint density at radius 3 is 2.45 bits per heavy atom. The van der Waals surface area contributed by atoms with E-state index in [1.165, 1.54) is 12.1 Å². The molecule has 0 N–H and O–H groups in total. The fourth-order valence-corrected chi connectivity index (χ4v) is 3.35. The summed E-state index contributed by atoms with van der Waals surface area (Å²) < 4.78 is 49.5. The zero-order chi connectivity index (χ0) is 21.0. The predicted molar refractivity (Wildman–Crippen MR) is 103 cm³/mol. The molecular formula is C22H24F3NO3. The molecule has 1 aliphatic rings. The lowest BCUT2D eigenvalue weighted by atomic mass is 9.96. The maximum absolute atomic E-state index is 12.8. The van der Waals surface area contributed by atoms with Crippen molar-refractivity contribution in [3.05, 3.63) is 59.2 Å². The Balaban J connectivity index is 1.67. The van der Waals surface area contributed by atoms with Crippen LogP contribution in [0.4, 0.5) is 13.2 Å². The fourth-order valence-electron chi connectivity index (χ4n) is 3.35. The molecule has 1 aliphatic heterocycles. The number of para-hydroxylation sites is 1. The monoisotopic (exact) mass is 407 g/mol. The van der Waals surface area contributed by atoms with Crippen LogP contribution in [0.3, 0.4) is 0 Å². The number of rotatable bonds is 6. The molecule has 0 saturated heterocycles. The van der Waals surface area contributed by atoms with Crippen LogP contribution in [0.15, 0.2) is 42.5 Å². The molecule has 29 heavy (non-hydrogen) atoms. The molecule has 1 heterocycles. The fraction of sp³-hybridized carbons (Fsp3) is 0.409. The second kappa shape index (κ2) is 8.76. The molecule has 1 amide bonds. The van der Waals surface area contributed by atoms with Gasteiger partial charge in [0.1, 0.15) is 13.2 Å². The topological polar surface area (TPSA) is 38.8 Å². The van der Waals surface area contributed by atoms with E-state index in [0.717, 1.165) is 17.7 Å². The third-order valence-electron chi connectivity index (χ3n) is 5.03. The molecule has 0 spiro atoms. The number of hydrogen-bond acceptors (Lipinski definition) is 3. The van der Waals surface area contributed by atoms with Crippen molar-refractivity contribution in [2.75, 3.05) is 19.8 Å². The van der Waals surface area contributed by atoms with Crippen molar-refractivity contribution >= 4 is 5.91 Å². The van der Waals surface area contributed by atoms with Crippen molar-refractivity contribution in [3.63, 3.8) is 0 Å². The van der Waals surface area contributed by atoms with Crippen LogP contribution in [-0.4, -0.2) is 30.6 Å². The van der Waals surface area contributed by atoms with Gasteiger partial charge in [-0.1, -0.05) is 31.2 Å². The number of fused-ring (bicyclic) bond motifs is 1. The first-order chi connectivity index (χ1) is 13.8. The molecule has 4 nitrogen and oxygen atoms in total. The number of amides is 1. The molecule has 2 aromatic rings. The highest BCUT2D eigenvalue weighted by Crippen LogP contribution is 2.35. The van der Waals surface area contributed by atoms with E-state index in [-0.39, 0.29) is 18.2 Å². The van der Waals surface area contributed by atoms with E-state index in [9.17, 15) is 18.0 Å². The summed E-state index contributed by atoms with van der Waals surface area (Å²) >= 11 is 0. The Morgan fingerprint density at radius 2 is 1.79 bits per heavy atom. The minimum Gasteiger partial charge on any atom is -0.486 e. The molecule has 0 radical (unpaired) electrons. The van der Waals surface area contributed by atoms with Gasteiger partial charge in [0, 0.05) is 25.1 Å². The first-order valence-corrected chi connectivity index (χ1v) is 9.62. The smallest absolute Gasteiger partial charge is 0.416 e. The van der Waals surface area contributed by atoms with Crippen molar-refractivity contribution < 1.29 is 27.4 Å². The zero-order valence-corrected chi connectivity index (χ0v) is 16.5. The maximum Gasteiger partial charge on any atom is 0.416 e. The Kier molecular flexibility index (Phi) is 6.35. The van der Waals surface area contributed by atoms with Crippen molar-refractivity contribution in [1.29, 1.82) is 0 Å². The van der Waals surface area contributed by atoms with Crippen molar-refractivity contribution in [2.24, 2.45) is 0 Å². The summed E-state index contributed by atoms with van der Waals surface area (Å²) in [5.41, 5.74) is 0.891. The van der Waals surface area contributed by atoms with Crippen LogP contribution in [0.2, 0.25) is 0 Å². The quantitative estimate of drug-likeness (QED) is 0.675. The molecule has 2 aromatic carbocycles. The van der Waals surface area contributed by atoms with Gasteiger partial charge < -0.3 is 14.4 Å². The van der Waals surface area contributed by atoms with E-state index in [4.69, 9.17) is 9.47 Å². The van der Waals surface area contributed by atoms with Crippen LogP contribution in [-0.2, 0) is 17.5 Å². The Hall–Kier alpha value is -2.70. The van der Waals surface area contributed by atoms with Gasteiger partial charge in [-0.15, -0.1) is 0 Å². The highest BCUT2D eigenvalue weighted by atomic mass is 19.4. The number of halogens is 3.